The van der Waals surface area contributed by atoms with Crippen LogP contribution in [-0.4, -0.2) is 60.1 Å². The molecule has 0 bridgehead atoms. The number of aromatic nitrogens is 3. The summed E-state index contributed by atoms with van der Waals surface area (Å²) in [6.45, 7) is 1.39. The number of nitrogens with zero attached hydrogens (tertiary/aromatic N) is 4. The summed E-state index contributed by atoms with van der Waals surface area (Å²) >= 11 is 0. The number of hydrogen-bond acceptors (Lipinski definition) is 7. The molecule has 8 heteroatoms. The Bertz CT molecular complexity index is 1110. The highest BCUT2D eigenvalue weighted by atomic mass is 16.5. The third kappa shape index (κ3) is 5.22. The lowest BCUT2D eigenvalue weighted by molar-refractivity contribution is -0.131. The van der Waals surface area contributed by atoms with Crippen LogP contribution in [0.5, 0.6) is 11.5 Å². The zero-order valence-electron chi connectivity index (χ0n) is 19.2. The maximum Gasteiger partial charge on any atom is 0.227 e. The van der Waals surface area contributed by atoms with Crippen molar-refractivity contribution < 1.29 is 14.3 Å². The quantitative estimate of drug-likeness (QED) is 0.592. The van der Waals surface area contributed by atoms with Crippen molar-refractivity contribution in [3.8, 4) is 22.9 Å². The van der Waals surface area contributed by atoms with Gasteiger partial charge in [0.15, 0.2) is 17.3 Å². The topological polar surface area (TPSA) is 89.5 Å². The van der Waals surface area contributed by atoms with Gasteiger partial charge in [0.2, 0.25) is 5.91 Å². The molecule has 172 valence electrons. The van der Waals surface area contributed by atoms with Crippen LogP contribution in [0, 0.1) is 0 Å². The predicted molar refractivity (Wildman–Crippen MR) is 127 cm³/mol. The first-order valence-corrected chi connectivity index (χ1v) is 11.1. The number of benzene rings is 1. The van der Waals surface area contributed by atoms with Crippen LogP contribution >= 0.6 is 0 Å². The third-order valence-corrected chi connectivity index (χ3v) is 5.92. The van der Waals surface area contributed by atoms with E-state index < -0.39 is 0 Å². The van der Waals surface area contributed by atoms with Gasteiger partial charge in [0.1, 0.15) is 5.82 Å². The first-order valence-electron chi connectivity index (χ1n) is 11.1. The van der Waals surface area contributed by atoms with E-state index in [0.29, 0.717) is 30.3 Å². The molecule has 8 nitrogen and oxygen atoms in total. The predicted octanol–water partition coefficient (Wildman–Crippen LogP) is 3.55. The summed E-state index contributed by atoms with van der Waals surface area (Å²) < 4.78 is 10.7. The van der Waals surface area contributed by atoms with Gasteiger partial charge in [-0.2, -0.15) is 0 Å². The number of piperidine rings is 1. The first-order chi connectivity index (χ1) is 16.1. The molecule has 0 radical (unpaired) electrons. The fourth-order valence-electron chi connectivity index (χ4n) is 4.15. The molecule has 2 aromatic heterocycles. The molecule has 0 unspecified atom stereocenters. The number of rotatable bonds is 7. The van der Waals surface area contributed by atoms with Crippen LogP contribution in [0.2, 0.25) is 0 Å². The monoisotopic (exact) mass is 447 g/mol. The molecule has 1 aliphatic heterocycles. The van der Waals surface area contributed by atoms with Crippen molar-refractivity contribution in [3.05, 3.63) is 60.0 Å². The Kier molecular flexibility index (Phi) is 7.02. The van der Waals surface area contributed by atoms with E-state index in [1.54, 1.807) is 26.6 Å². The number of anilines is 1. The molecule has 1 N–H and O–H groups in total. The number of hydrogen-bond donors (Lipinski definition) is 1. The number of amides is 1. The molecule has 1 aromatic carbocycles. The fourth-order valence-corrected chi connectivity index (χ4v) is 4.15. The summed E-state index contributed by atoms with van der Waals surface area (Å²) in [5, 5.41) is 3.13. The molecule has 1 atom stereocenters. The van der Waals surface area contributed by atoms with E-state index in [2.05, 4.69) is 15.3 Å². The van der Waals surface area contributed by atoms with E-state index in [-0.39, 0.29) is 11.8 Å². The van der Waals surface area contributed by atoms with Crippen molar-refractivity contribution in [3.63, 3.8) is 0 Å². The SMILES string of the molecule is CNc1cc([C@@H]2CCCN(C(=O)Cc3ccc(OC)c(OC)c3)C2)nc(-c2cccnc2)n1. The minimum absolute atomic E-state index is 0.0994. The molecule has 1 aliphatic rings. The Morgan fingerprint density at radius 3 is 2.73 bits per heavy atom. The highest BCUT2D eigenvalue weighted by Gasteiger charge is 2.27. The maximum atomic E-state index is 13.1. The Balaban J connectivity index is 1.51. The third-order valence-electron chi connectivity index (χ3n) is 5.92. The van der Waals surface area contributed by atoms with Gasteiger partial charge in [0.25, 0.3) is 0 Å². The minimum atomic E-state index is 0.0994. The molecule has 1 amide bonds. The smallest absolute Gasteiger partial charge is 0.227 e. The summed E-state index contributed by atoms with van der Waals surface area (Å²) in [6, 6.07) is 11.4. The molecule has 4 rings (SSSR count). The second-order valence-corrected chi connectivity index (χ2v) is 8.04. The van der Waals surface area contributed by atoms with Gasteiger partial charge in [0.05, 0.1) is 26.3 Å². The Labute approximate surface area is 194 Å². The summed E-state index contributed by atoms with van der Waals surface area (Å²) in [7, 11) is 5.04. The average Bonchev–Trinajstić information content (AvgIpc) is 2.88. The number of methoxy groups -OCH3 is 2. The van der Waals surface area contributed by atoms with E-state index in [4.69, 9.17) is 14.5 Å². The number of carbonyl (C=O) groups excluding carboxylic acids is 1. The van der Waals surface area contributed by atoms with Crippen LogP contribution in [-0.2, 0) is 11.2 Å². The number of likely N-dealkylation sites (tertiary alicyclic amines) is 1. The second-order valence-electron chi connectivity index (χ2n) is 8.04. The standard InChI is InChI=1S/C25H29N5O3/c1-26-23-14-20(28-25(29-23)18-6-4-10-27-15-18)19-7-5-11-30(16-19)24(31)13-17-8-9-21(32-2)22(12-17)33-3/h4,6,8-10,12,14-15,19H,5,7,11,13,16H2,1-3H3,(H,26,28,29)/t19-/m1/s1. The van der Waals surface area contributed by atoms with Crippen molar-refractivity contribution in [2.45, 2.75) is 25.2 Å². The van der Waals surface area contributed by atoms with Crippen molar-refractivity contribution in [1.29, 1.82) is 0 Å². The van der Waals surface area contributed by atoms with Crippen LogP contribution < -0.4 is 14.8 Å². The van der Waals surface area contributed by atoms with Crippen LogP contribution in [0.4, 0.5) is 5.82 Å². The Morgan fingerprint density at radius 1 is 1.15 bits per heavy atom. The van der Waals surface area contributed by atoms with Crippen LogP contribution in [0.1, 0.15) is 30.0 Å². The average molecular weight is 448 g/mol. The number of carbonyl (C=O) groups is 1. The number of ether oxygens (including phenoxy) is 2. The molecule has 33 heavy (non-hydrogen) atoms. The zero-order valence-corrected chi connectivity index (χ0v) is 19.2. The summed E-state index contributed by atoms with van der Waals surface area (Å²) in [5.74, 6) is 2.93. The van der Waals surface area contributed by atoms with Crippen molar-refractivity contribution in [2.75, 3.05) is 39.7 Å². The zero-order chi connectivity index (χ0) is 23.2. The molecule has 3 heterocycles. The van der Waals surface area contributed by atoms with Gasteiger partial charge in [0, 0.05) is 50.1 Å². The molecule has 0 saturated carbocycles. The normalized spacial score (nSPS) is 15.7. The van der Waals surface area contributed by atoms with E-state index in [9.17, 15) is 4.79 Å². The maximum absolute atomic E-state index is 13.1. The number of pyridine rings is 1. The van der Waals surface area contributed by atoms with Crippen molar-refractivity contribution in [2.24, 2.45) is 0 Å². The molecule has 0 spiro atoms. The van der Waals surface area contributed by atoms with E-state index in [0.717, 1.165) is 42.0 Å². The number of nitrogens with one attached hydrogen (secondary N) is 1. The summed E-state index contributed by atoms with van der Waals surface area (Å²) in [5.41, 5.74) is 2.71. The molecule has 1 saturated heterocycles. The van der Waals surface area contributed by atoms with E-state index >= 15 is 0 Å². The van der Waals surface area contributed by atoms with Gasteiger partial charge in [-0.3, -0.25) is 9.78 Å². The van der Waals surface area contributed by atoms with Gasteiger partial charge in [-0.05, 0) is 42.7 Å². The van der Waals surface area contributed by atoms with Crippen molar-refractivity contribution in [1.82, 2.24) is 19.9 Å². The summed E-state index contributed by atoms with van der Waals surface area (Å²) in [4.78, 5) is 28.7. The van der Waals surface area contributed by atoms with Crippen molar-refractivity contribution >= 4 is 11.7 Å². The van der Waals surface area contributed by atoms with E-state index in [1.165, 1.54) is 0 Å². The van der Waals surface area contributed by atoms with E-state index in [1.807, 2.05) is 48.3 Å². The Hall–Kier alpha value is -3.68. The minimum Gasteiger partial charge on any atom is -0.493 e. The largest absolute Gasteiger partial charge is 0.493 e. The molecule has 0 aliphatic carbocycles. The van der Waals surface area contributed by atoms with Gasteiger partial charge >= 0.3 is 0 Å². The Morgan fingerprint density at radius 2 is 2.00 bits per heavy atom. The molecular formula is C25H29N5O3. The van der Waals surface area contributed by atoms with Gasteiger partial charge in [-0.25, -0.2) is 9.97 Å². The molecule has 1 fully saturated rings. The fraction of sp³-hybridized carbons (Fsp3) is 0.360. The summed E-state index contributed by atoms with van der Waals surface area (Å²) in [6.07, 6.45) is 5.73. The highest BCUT2D eigenvalue weighted by Crippen LogP contribution is 2.30. The van der Waals surface area contributed by atoms with Gasteiger partial charge in [-0.15, -0.1) is 0 Å². The lowest BCUT2D eigenvalue weighted by Gasteiger charge is -2.33. The second kappa shape index (κ2) is 10.3. The first kappa shape index (κ1) is 22.5. The van der Waals surface area contributed by atoms with Crippen LogP contribution in [0.25, 0.3) is 11.4 Å². The lowest BCUT2D eigenvalue weighted by Crippen LogP contribution is -2.40. The van der Waals surface area contributed by atoms with Crippen LogP contribution in [0.3, 0.4) is 0 Å². The molecule has 3 aromatic rings. The molecular weight excluding hydrogens is 418 g/mol. The highest BCUT2D eigenvalue weighted by molar-refractivity contribution is 5.79. The lowest BCUT2D eigenvalue weighted by atomic mass is 9.93. The van der Waals surface area contributed by atoms with Crippen LogP contribution in [0.15, 0.2) is 48.8 Å². The van der Waals surface area contributed by atoms with Gasteiger partial charge < -0.3 is 19.7 Å². The van der Waals surface area contributed by atoms with Gasteiger partial charge in [-0.1, -0.05) is 6.07 Å².